The van der Waals surface area contributed by atoms with Crippen LogP contribution in [0.25, 0.3) is 16.9 Å². The Labute approximate surface area is 216 Å². The number of aromatic nitrogens is 2. The van der Waals surface area contributed by atoms with Gasteiger partial charge in [-0.05, 0) is 74.0 Å². The fourth-order valence-corrected chi connectivity index (χ4v) is 3.96. The van der Waals surface area contributed by atoms with Crippen molar-refractivity contribution in [2.24, 2.45) is 0 Å². The Morgan fingerprint density at radius 3 is 2.14 bits per heavy atom. The first-order valence-corrected chi connectivity index (χ1v) is 12.0. The largest absolute Gasteiger partial charge is 0.497 e. The van der Waals surface area contributed by atoms with Gasteiger partial charge in [-0.3, -0.25) is 19.5 Å². The Bertz CT molecular complexity index is 1380. The number of methoxy groups -OCH3 is 2. The van der Waals surface area contributed by atoms with Gasteiger partial charge in [0.15, 0.2) is 0 Å². The lowest BCUT2D eigenvalue weighted by atomic mass is 10.1. The van der Waals surface area contributed by atoms with Gasteiger partial charge in [0.25, 0.3) is 5.91 Å². The number of likely N-dealkylation sites (N-methyl/N-ethyl adjacent to an activating group) is 1. The van der Waals surface area contributed by atoms with Gasteiger partial charge >= 0.3 is 0 Å². The van der Waals surface area contributed by atoms with E-state index in [1.54, 1.807) is 24.9 Å². The summed E-state index contributed by atoms with van der Waals surface area (Å²) in [5.41, 5.74) is 3.79. The summed E-state index contributed by atoms with van der Waals surface area (Å²) in [5, 5.41) is 2.90. The number of carbonyl (C=O) groups is 2. The Balaban J connectivity index is 1.61. The predicted octanol–water partition coefficient (Wildman–Crippen LogP) is 4.97. The summed E-state index contributed by atoms with van der Waals surface area (Å²) in [6, 6.07) is 22.3. The van der Waals surface area contributed by atoms with Crippen molar-refractivity contribution in [3.05, 3.63) is 90.1 Å². The lowest BCUT2D eigenvalue weighted by molar-refractivity contribution is -0.116. The molecule has 0 atom stereocenters. The average Bonchev–Trinajstić information content (AvgIpc) is 3.35. The summed E-state index contributed by atoms with van der Waals surface area (Å²) < 4.78 is 12.3. The molecule has 0 bridgehead atoms. The molecule has 0 saturated heterocycles. The van der Waals surface area contributed by atoms with Crippen LogP contribution in [0.15, 0.2) is 79.0 Å². The minimum absolute atomic E-state index is 0.100. The van der Waals surface area contributed by atoms with E-state index >= 15 is 0 Å². The fraction of sp³-hybridized carbons (Fsp3) is 0.207. The molecular formula is C29H30N4O4. The second-order valence-corrected chi connectivity index (χ2v) is 8.43. The minimum atomic E-state index is -0.342. The van der Waals surface area contributed by atoms with Gasteiger partial charge in [0.1, 0.15) is 18.0 Å². The third kappa shape index (κ3) is 5.81. The third-order valence-electron chi connectivity index (χ3n) is 6.07. The van der Waals surface area contributed by atoms with Crippen LogP contribution in [0, 0.1) is 6.92 Å². The first-order chi connectivity index (χ1) is 17.9. The number of rotatable bonds is 9. The number of amides is 2. The van der Waals surface area contributed by atoms with Crippen LogP contribution >= 0.6 is 0 Å². The van der Waals surface area contributed by atoms with Crippen molar-refractivity contribution in [2.75, 3.05) is 32.6 Å². The van der Waals surface area contributed by atoms with Gasteiger partial charge in [0.05, 0.1) is 19.9 Å². The number of anilines is 1. The normalized spacial score (nSPS) is 10.6. The maximum absolute atomic E-state index is 13.1. The predicted molar refractivity (Wildman–Crippen MR) is 143 cm³/mol. The molecule has 3 aromatic carbocycles. The van der Waals surface area contributed by atoms with Gasteiger partial charge in [0, 0.05) is 29.6 Å². The fourth-order valence-electron chi connectivity index (χ4n) is 3.96. The van der Waals surface area contributed by atoms with Crippen LogP contribution in [0.3, 0.4) is 0 Å². The number of benzene rings is 3. The van der Waals surface area contributed by atoms with Crippen molar-refractivity contribution in [1.82, 2.24) is 14.5 Å². The van der Waals surface area contributed by atoms with E-state index in [1.165, 1.54) is 4.90 Å². The Morgan fingerprint density at radius 1 is 0.919 bits per heavy atom. The Morgan fingerprint density at radius 2 is 1.54 bits per heavy atom. The highest BCUT2D eigenvalue weighted by molar-refractivity contribution is 5.99. The molecule has 1 heterocycles. The van der Waals surface area contributed by atoms with Gasteiger partial charge in [-0.25, -0.2) is 4.98 Å². The van der Waals surface area contributed by atoms with Gasteiger partial charge < -0.3 is 14.4 Å². The van der Waals surface area contributed by atoms with Crippen LogP contribution in [-0.2, 0) is 4.79 Å². The van der Waals surface area contributed by atoms with Crippen LogP contribution in [-0.4, -0.2) is 53.6 Å². The summed E-state index contributed by atoms with van der Waals surface area (Å²) in [6.45, 7) is 4.03. The SMILES string of the molecule is CCN(CC(=O)Nc1nc(-c2ccc(OC)cc2)cn1-c1ccc(OC)cc1)C(=O)c1ccccc1C. The molecule has 4 aromatic rings. The molecule has 1 aromatic heterocycles. The number of hydrogen-bond acceptors (Lipinski definition) is 5. The van der Waals surface area contributed by atoms with E-state index in [4.69, 9.17) is 14.5 Å². The number of carbonyl (C=O) groups excluding carboxylic acids is 2. The first-order valence-electron chi connectivity index (χ1n) is 12.0. The lowest BCUT2D eigenvalue weighted by Crippen LogP contribution is -2.38. The summed E-state index contributed by atoms with van der Waals surface area (Å²) >= 11 is 0. The minimum Gasteiger partial charge on any atom is -0.497 e. The highest BCUT2D eigenvalue weighted by atomic mass is 16.5. The Hall–Kier alpha value is -4.59. The lowest BCUT2D eigenvalue weighted by Gasteiger charge is -2.21. The zero-order valence-corrected chi connectivity index (χ0v) is 21.4. The highest BCUT2D eigenvalue weighted by Crippen LogP contribution is 2.27. The number of ether oxygens (including phenoxy) is 2. The van der Waals surface area contributed by atoms with E-state index in [9.17, 15) is 9.59 Å². The van der Waals surface area contributed by atoms with Crippen molar-refractivity contribution in [3.8, 4) is 28.4 Å². The molecule has 0 spiro atoms. The highest BCUT2D eigenvalue weighted by Gasteiger charge is 2.21. The molecule has 37 heavy (non-hydrogen) atoms. The van der Waals surface area contributed by atoms with E-state index in [2.05, 4.69) is 5.32 Å². The van der Waals surface area contributed by atoms with Crippen molar-refractivity contribution in [1.29, 1.82) is 0 Å². The van der Waals surface area contributed by atoms with Crippen LogP contribution in [0.1, 0.15) is 22.8 Å². The topological polar surface area (TPSA) is 85.7 Å². The zero-order chi connectivity index (χ0) is 26.4. The third-order valence-corrected chi connectivity index (χ3v) is 6.07. The number of imidazole rings is 1. The molecule has 1 N–H and O–H groups in total. The summed E-state index contributed by atoms with van der Waals surface area (Å²) in [4.78, 5) is 32.4. The second kappa shape index (κ2) is 11.4. The summed E-state index contributed by atoms with van der Waals surface area (Å²) in [7, 11) is 3.22. The quantitative estimate of drug-likeness (QED) is 0.352. The number of hydrogen-bond donors (Lipinski definition) is 1. The standard InChI is InChI=1S/C29H30N4O4/c1-5-32(28(35)25-9-7-6-8-20(25)2)19-27(34)31-29-30-26(21-10-14-23(36-3)15-11-21)18-33(29)22-12-16-24(37-4)17-13-22/h6-18H,5,19H2,1-4H3,(H,30,31,34). The monoisotopic (exact) mass is 498 g/mol. The summed E-state index contributed by atoms with van der Waals surface area (Å²) in [5.74, 6) is 1.28. The molecule has 8 nitrogen and oxygen atoms in total. The molecular weight excluding hydrogens is 468 g/mol. The Kier molecular flexibility index (Phi) is 7.88. The molecule has 0 aliphatic rings. The first kappa shape index (κ1) is 25.5. The summed E-state index contributed by atoms with van der Waals surface area (Å²) in [6.07, 6.45) is 1.86. The number of nitrogens with zero attached hydrogens (tertiary/aromatic N) is 3. The molecule has 2 amide bonds. The molecule has 0 aliphatic carbocycles. The van der Waals surface area contributed by atoms with E-state index < -0.39 is 0 Å². The second-order valence-electron chi connectivity index (χ2n) is 8.43. The zero-order valence-electron chi connectivity index (χ0n) is 21.4. The van der Waals surface area contributed by atoms with Crippen LogP contribution in [0.5, 0.6) is 11.5 Å². The molecule has 0 unspecified atom stereocenters. The molecule has 0 aliphatic heterocycles. The smallest absolute Gasteiger partial charge is 0.254 e. The van der Waals surface area contributed by atoms with Crippen LogP contribution in [0.2, 0.25) is 0 Å². The number of nitrogens with one attached hydrogen (secondary N) is 1. The average molecular weight is 499 g/mol. The molecule has 0 saturated carbocycles. The van der Waals surface area contributed by atoms with Gasteiger partial charge in [0.2, 0.25) is 11.9 Å². The molecule has 4 rings (SSSR count). The van der Waals surface area contributed by atoms with E-state index in [-0.39, 0.29) is 18.4 Å². The van der Waals surface area contributed by atoms with E-state index in [0.717, 1.165) is 28.3 Å². The van der Waals surface area contributed by atoms with Gasteiger partial charge in [-0.2, -0.15) is 0 Å². The number of aryl methyl sites for hydroxylation is 1. The molecule has 190 valence electrons. The van der Waals surface area contributed by atoms with Crippen molar-refractivity contribution in [3.63, 3.8) is 0 Å². The molecule has 0 radical (unpaired) electrons. The maximum atomic E-state index is 13.1. The van der Waals surface area contributed by atoms with Crippen molar-refractivity contribution < 1.29 is 19.1 Å². The molecule has 8 heteroatoms. The maximum Gasteiger partial charge on any atom is 0.254 e. The van der Waals surface area contributed by atoms with Crippen LogP contribution in [0.4, 0.5) is 5.95 Å². The van der Waals surface area contributed by atoms with Crippen molar-refractivity contribution in [2.45, 2.75) is 13.8 Å². The van der Waals surface area contributed by atoms with E-state index in [0.29, 0.717) is 23.8 Å². The van der Waals surface area contributed by atoms with E-state index in [1.807, 2.05) is 86.8 Å². The van der Waals surface area contributed by atoms with Crippen LogP contribution < -0.4 is 14.8 Å². The van der Waals surface area contributed by atoms with Gasteiger partial charge in [-0.15, -0.1) is 0 Å². The van der Waals surface area contributed by atoms with Gasteiger partial charge in [-0.1, -0.05) is 18.2 Å². The molecule has 0 fully saturated rings. The van der Waals surface area contributed by atoms with Crippen molar-refractivity contribution >= 4 is 17.8 Å².